The molecule has 1 atom stereocenters. The first-order chi connectivity index (χ1) is 13.8. The molecule has 29 heavy (non-hydrogen) atoms. The number of hydrogen-bond donors (Lipinski definition) is 0. The average molecular weight is 396 g/mol. The highest BCUT2D eigenvalue weighted by atomic mass is 16.5. The van der Waals surface area contributed by atoms with Crippen LogP contribution < -0.4 is 0 Å². The van der Waals surface area contributed by atoms with Crippen LogP contribution in [0, 0.1) is 11.3 Å². The van der Waals surface area contributed by atoms with Gasteiger partial charge in [-0.2, -0.15) is 5.26 Å². The summed E-state index contributed by atoms with van der Waals surface area (Å²) in [5.41, 5.74) is 2.64. The smallest absolute Gasteiger partial charge is 0.355 e. The van der Waals surface area contributed by atoms with Crippen molar-refractivity contribution in [1.82, 2.24) is 9.47 Å². The Morgan fingerprint density at radius 2 is 2.17 bits per heavy atom. The summed E-state index contributed by atoms with van der Waals surface area (Å²) in [6.07, 6.45) is 3.63. The van der Waals surface area contributed by atoms with E-state index in [4.69, 9.17) is 9.47 Å². The fourth-order valence-corrected chi connectivity index (χ4v) is 4.00. The fraction of sp³-hybridized carbons (Fsp3) is 0.478. The van der Waals surface area contributed by atoms with Gasteiger partial charge in [-0.05, 0) is 63.3 Å². The lowest BCUT2D eigenvalue weighted by Gasteiger charge is -2.35. The second kappa shape index (κ2) is 8.30. The number of carbonyl (C=O) groups is 1. The molecule has 6 nitrogen and oxygen atoms in total. The summed E-state index contributed by atoms with van der Waals surface area (Å²) in [4.78, 5) is 14.4. The van der Waals surface area contributed by atoms with E-state index in [1.54, 1.807) is 22.6 Å². The largest absolute Gasteiger partial charge is 0.461 e. The Morgan fingerprint density at radius 3 is 2.79 bits per heavy atom. The van der Waals surface area contributed by atoms with Crippen molar-refractivity contribution in [3.8, 4) is 6.07 Å². The SMILES string of the molecule is CCOC(=O)c1cc2cc([C@H]3CCOC(C)(C)C3)ccc2n1C(C#N)=CN(C)C. The Balaban J connectivity index is 2.12. The molecule has 2 heterocycles. The highest BCUT2D eigenvalue weighted by molar-refractivity contribution is 5.99. The highest BCUT2D eigenvalue weighted by Gasteiger charge is 2.30. The van der Waals surface area contributed by atoms with Crippen LogP contribution in [0.15, 0.2) is 30.5 Å². The number of benzene rings is 1. The maximum absolute atomic E-state index is 12.6. The quantitative estimate of drug-likeness (QED) is 0.555. The van der Waals surface area contributed by atoms with Gasteiger partial charge in [-0.15, -0.1) is 0 Å². The topological polar surface area (TPSA) is 67.5 Å². The average Bonchev–Trinajstić information content (AvgIpc) is 3.04. The molecule has 0 N–H and O–H groups in total. The van der Waals surface area contributed by atoms with Crippen LogP contribution >= 0.6 is 0 Å². The van der Waals surface area contributed by atoms with Gasteiger partial charge in [0, 0.05) is 32.3 Å². The molecule has 0 aliphatic carbocycles. The van der Waals surface area contributed by atoms with Crippen LogP contribution in [0.1, 0.15) is 55.6 Å². The molecular formula is C23H29N3O3. The first-order valence-corrected chi connectivity index (χ1v) is 10.0. The molecule has 0 amide bonds. The number of allylic oxidation sites excluding steroid dienone is 1. The van der Waals surface area contributed by atoms with Gasteiger partial charge in [0.2, 0.25) is 0 Å². The molecule has 0 radical (unpaired) electrons. The van der Waals surface area contributed by atoms with Gasteiger partial charge in [0.05, 0.1) is 17.7 Å². The third kappa shape index (κ3) is 4.46. The number of hydrogen-bond acceptors (Lipinski definition) is 5. The predicted octanol–water partition coefficient (Wildman–Crippen LogP) is 4.37. The standard InChI is InChI=1S/C23H29N3O3/c1-6-28-22(27)21-12-18-11-16(17-9-10-29-23(2,3)13-17)7-8-20(18)26(21)19(14-24)15-25(4)5/h7-8,11-12,15,17H,6,9-10,13H2,1-5H3/t17-/m0/s1. The van der Waals surface area contributed by atoms with Gasteiger partial charge >= 0.3 is 5.97 Å². The summed E-state index contributed by atoms with van der Waals surface area (Å²) in [7, 11) is 3.69. The zero-order valence-corrected chi connectivity index (χ0v) is 17.9. The summed E-state index contributed by atoms with van der Waals surface area (Å²) in [5, 5.41) is 10.7. The lowest BCUT2D eigenvalue weighted by atomic mass is 9.83. The lowest BCUT2D eigenvalue weighted by molar-refractivity contribution is -0.0592. The molecule has 1 aliphatic rings. The minimum absolute atomic E-state index is 0.137. The second-order valence-corrected chi connectivity index (χ2v) is 8.29. The predicted molar refractivity (Wildman–Crippen MR) is 113 cm³/mol. The van der Waals surface area contributed by atoms with Crippen molar-refractivity contribution < 1.29 is 14.3 Å². The summed E-state index contributed by atoms with van der Waals surface area (Å²) in [6, 6.07) is 10.3. The monoisotopic (exact) mass is 395 g/mol. The number of nitriles is 1. The Hall–Kier alpha value is -2.78. The van der Waals surface area contributed by atoms with E-state index in [1.807, 2.05) is 26.2 Å². The Bertz CT molecular complexity index is 979. The summed E-state index contributed by atoms with van der Waals surface area (Å²) in [6.45, 7) is 7.05. The van der Waals surface area contributed by atoms with Crippen molar-refractivity contribution in [2.75, 3.05) is 27.3 Å². The second-order valence-electron chi connectivity index (χ2n) is 8.29. The van der Waals surface area contributed by atoms with Gasteiger partial charge in [-0.1, -0.05) is 6.07 Å². The number of aromatic nitrogens is 1. The van der Waals surface area contributed by atoms with Gasteiger partial charge < -0.3 is 14.4 Å². The maximum Gasteiger partial charge on any atom is 0.355 e. The van der Waals surface area contributed by atoms with Gasteiger partial charge in [0.25, 0.3) is 0 Å². The summed E-state index contributed by atoms with van der Waals surface area (Å²) >= 11 is 0. The highest BCUT2D eigenvalue weighted by Crippen LogP contribution is 2.37. The van der Waals surface area contributed by atoms with Crippen molar-refractivity contribution in [3.05, 3.63) is 41.7 Å². The van der Waals surface area contributed by atoms with Crippen LogP contribution in [0.5, 0.6) is 0 Å². The number of nitrogens with zero attached hydrogens (tertiary/aromatic N) is 3. The van der Waals surface area contributed by atoms with E-state index in [2.05, 4.69) is 32.0 Å². The van der Waals surface area contributed by atoms with E-state index in [9.17, 15) is 10.1 Å². The van der Waals surface area contributed by atoms with E-state index in [1.165, 1.54) is 5.56 Å². The van der Waals surface area contributed by atoms with Crippen molar-refractivity contribution in [2.24, 2.45) is 0 Å². The Morgan fingerprint density at radius 1 is 1.41 bits per heavy atom. The van der Waals surface area contributed by atoms with Crippen LogP contribution in [0.25, 0.3) is 16.6 Å². The third-order valence-corrected chi connectivity index (χ3v) is 5.21. The fourth-order valence-electron chi connectivity index (χ4n) is 4.00. The van der Waals surface area contributed by atoms with Crippen LogP contribution in [0.2, 0.25) is 0 Å². The molecule has 1 aromatic carbocycles. The molecule has 1 saturated heterocycles. The first kappa shape index (κ1) is 20.9. The van der Waals surface area contributed by atoms with Gasteiger partial charge in [0.1, 0.15) is 17.5 Å². The van der Waals surface area contributed by atoms with Gasteiger partial charge in [-0.25, -0.2) is 4.79 Å². The summed E-state index contributed by atoms with van der Waals surface area (Å²) in [5.74, 6) is -0.0253. The molecule has 0 spiro atoms. The number of esters is 1. The van der Waals surface area contributed by atoms with Crippen molar-refractivity contribution in [2.45, 2.75) is 45.1 Å². The minimum atomic E-state index is -0.433. The summed E-state index contributed by atoms with van der Waals surface area (Å²) < 4.78 is 12.8. The van der Waals surface area contributed by atoms with E-state index < -0.39 is 5.97 Å². The van der Waals surface area contributed by atoms with Crippen LogP contribution in [0.3, 0.4) is 0 Å². The molecule has 0 unspecified atom stereocenters. The van der Waals surface area contributed by atoms with Crippen molar-refractivity contribution in [1.29, 1.82) is 5.26 Å². The van der Waals surface area contributed by atoms with E-state index >= 15 is 0 Å². The molecular weight excluding hydrogens is 366 g/mol. The van der Waals surface area contributed by atoms with E-state index in [-0.39, 0.29) is 12.2 Å². The molecule has 3 rings (SSSR count). The molecule has 1 aliphatic heterocycles. The molecule has 0 saturated carbocycles. The Kier molecular flexibility index (Phi) is 5.99. The van der Waals surface area contributed by atoms with Crippen molar-refractivity contribution in [3.63, 3.8) is 0 Å². The van der Waals surface area contributed by atoms with Gasteiger partial charge in [0.15, 0.2) is 0 Å². The molecule has 1 fully saturated rings. The number of rotatable bonds is 5. The normalized spacial score (nSPS) is 19.0. The van der Waals surface area contributed by atoms with E-state index in [0.717, 1.165) is 30.4 Å². The zero-order valence-electron chi connectivity index (χ0n) is 17.9. The molecule has 0 bridgehead atoms. The maximum atomic E-state index is 12.6. The lowest BCUT2D eigenvalue weighted by Crippen LogP contribution is -2.32. The Labute approximate surface area is 172 Å². The van der Waals surface area contributed by atoms with Gasteiger partial charge in [-0.3, -0.25) is 4.57 Å². The van der Waals surface area contributed by atoms with Crippen molar-refractivity contribution >= 4 is 22.6 Å². The number of carbonyl (C=O) groups excluding carboxylic acids is 1. The minimum Gasteiger partial charge on any atom is -0.461 e. The third-order valence-electron chi connectivity index (χ3n) is 5.21. The molecule has 1 aromatic heterocycles. The zero-order chi connectivity index (χ0) is 21.2. The van der Waals surface area contributed by atoms with E-state index in [0.29, 0.717) is 17.3 Å². The first-order valence-electron chi connectivity index (χ1n) is 10.0. The molecule has 6 heteroatoms. The number of ether oxygens (including phenoxy) is 2. The molecule has 2 aromatic rings. The number of fused-ring (bicyclic) bond motifs is 1. The van der Waals surface area contributed by atoms with Crippen LogP contribution in [-0.2, 0) is 9.47 Å². The molecule has 154 valence electrons. The van der Waals surface area contributed by atoms with Crippen LogP contribution in [-0.4, -0.2) is 48.3 Å². The van der Waals surface area contributed by atoms with Crippen LogP contribution in [0.4, 0.5) is 0 Å².